The second kappa shape index (κ2) is 9.66. The van der Waals surface area contributed by atoms with Gasteiger partial charge in [-0.3, -0.25) is 0 Å². The third-order valence-corrected chi connectivity index (χ3v) is 7.19. The molecule has 1 rings (SSSR count). The van der Waals surface area contributed by atoms with Gasteiger partial charge in [-0.15, -0.1) is 6.58 Å². The first-order valence-electron chi connectivity index (χ1n) is 11.3. The van der Waals surface area contributed by atoms with Gasteiger partial charge >= 0.3 is 0 Å². The van der Waals surface area contributed by atoms with E-state index in [2.05, 4.69) is 93.1 Å². The number of hydrogen-bond acceptors (Lipinski definition) is 1. The molecule has 0 spiro atoms. The Bertz CT molecular complexity index is 491. The van der Waals surface area contributed by atoms with Crippen molar-refractivity contribution < 1.29 is 0 Å². The zero-order valence-electron chi connectivity index (χ0n) is 20.2. The summed E-state index contributed by atoms with van der Waals surface area (Å²) >= 11 is 0. The van der Waals surface area contributed by atoms with E-state index < -0.39 is 0 Å². The lowest BCUT2D eigenvalue weighted by atomic mass is 9.65. The van der Waals surface area contributed by atoms with Crippen LogP contribution < -0.4 is 0 Å². The first-order chi connectivity index (χ1) is 12.3. The van der Waals surface area contributed by atoms with Crippen molar-refractivity contribution in [2.45, 2.75) is 88.0 Å². The van der Waals surface area contributed by atoms with E-state index in [0.29, 0.717) is 22.7 Å². The van der Waals surface area contributed by atoms with Crippen molar-refractivity contribution in [2.24, 2.45) is 40.4 Å². The third kappa shape index (κ3) is 7.31. The monoisotopic (exact) mass is 375 g/mol. The zero-order chi connectivity index (χ0) is 21.0. The predicted molar refractivity (Wildman–Crippen MR) is 123 cm³/mol. The average molecular weight is 376 g/mol. The standard InChI is InChI=1S/C26H49N/c1-12-20(4)13-14-24(19(2)3)26(9,10)16-22-17-27(11)18-23(15-21(22)5)25(6,7)8/h12,17,19-21,23-24H,1,13-16,18H2,2-11H3. The van der Waals surface area contributed by atoms with Gasteiger partial charge in [-0.25, -0.2) is 0 Å². The molecule has 0 aromatic heterocycles. The van der Waals surface area contributed by atoms with E-state index in [1.165, 1.54) is 32.2 Å². The van der Waals surface area contributed by atoms with Crippen LogP contribution in [0.1, 0.15) is 88.0 Å². The van der Waals surface area contributed by atoms with E-state index in [1.54, 1.807) is 5.57 Å². The van der Waals surface area contributed by atoms with Crippen molar-refractivity contribution in [3.05, 3.63) is 24.4 Å². The molecule has 0 radical (unpaired) electrons. The van der Waals surface area contributed by atoms with Crippen molar-refractivity contribution in [1.82, 2.24) is 4.90 Å². The lowest BCUT2D eigenvalue weighted by molar-refractivity contribution is 0.133. The van der Waals surface area contributed by atoms with Crippen molar-refractivity contribution >= 4 is 0 Å². The Balaban J connectivity index is 2.95. The molecule has 0 saturated carbocycles. The first kappa shape index (κ1) is 24.3. The van der Waals surface area contributed by atoms with E-state index in [4.69, 9.17) is 0 Å². The number of nitrogens with zero attached hydrogens (tertiary/aromatic N) is 1. The molecule has 1 aliphatic heterocycles. The molecule has 0 aliphatic carbocycles. The highest BCUT2D eigenvalue weighted by Gasteiger charge is 2.36. The summed E-state index contributed by atoms with van der Waals surface area (Å²) in [5.74, 6) is 3.53. The molecule has 0 saturated heterocycles. The Morgan fingerprint density at radius 2 is 1.74 bits per heavy atom. The smallest absolute Gasteiger partial charge is 0.0202 e. The van der Waals surface area contributed by atoms with Crippen LogP contribution in [0.2, 0.25) is 0 Å². The lowest BCUT2D eigenvalue weighted by Crippen LogP contribution is -2.31. The van der Waals surface area contributed by atoms with Crippen molar-refractivity contribution in [1.29, 1.82) is 0 Å². The molecule has 0 fully saturated rings. The van der Waals surface area contributed by atoms with Crippen LogP contribution in [-0.2, 0) is 0 Å². The fraction of sp³-hybridized carbons (Fsp3) is 0.846. The highest BCUT2D eigenvalue weighted by Crippen LogP contribution is 2.45. The van der Waals surface area contributed by atoms with E-state index in [0.717, 1.165) is 17.8 Å². The molecule has 158 valence electrons. The van der Waals surface area contributed by atoms with Gasteiger partial charge in [0.05, 0.1) is 0 Å². The van der Waals surface area contributed by atoms with E-state index in [9.17, 15) is 0 Å². The minimum absolute atomic E-state index is 0.331. The largest absolute Gasteiger partial charge is 0.380 e. The van der Waals surface area contributed by atoms with Gasteiger partial charge in [-0.05, 0) is 72.3 Å². The topological polar surface area (TPSA) is 3.24 Å². The first-order valence-corrected chi connectivity index (χ1v) is 11.3. The Labute approximate surface area is 171 Å². The van der Waals surface area contributed by atoms with Crippen LogP contribution in [0.3, 0.4) is 0 Å². The van der Waals surface area contributed by atoms with Gasteiger partial charge in [0.25, 0.3) is 0 Å². The number of rotatable bonds is 8. The molecule has 27 heavy (non-hydrogen) atoms. The van der Waals surface area contributed by atoms with Gasteiger partial charge in [0.1, 0.15) is 0 Å². The maximum absolute atomic E-state index is 3.98. The third-order valence-electron chi connectivity index (χ3n) is 7.19. The average Bonchev–Trinajstić information content (AvgIpc) is 2.64. The minimum atomic E-state index is 0.331. The van der Waals surface area contributed by atoms with Crippen LogP contribution in [0.5, 0.6) is 0 Å². The van der Waals surface area contributed by atoms with Crippen LogP contribution in [0, 0.1) is 40.4 Å². The van der Waals surface area contributed by atoms with Crippen LogP contribution in [-0.4, -0.2) is 18.5 Å². The minimum Gasteiger partial charge on any atom is -0.380 e. The summed E-state index contributed by atoms with van der Waals surface area (Å²) in [5.41, 5.74) is 2.37. The second-order valence-corrected chi connectivity index (χ2v) is 11.6. The fourth-order valence-corrected chi connectivity index (χ4v) is 5.15. The van der Waals surface area contributed by atoms with Gasteiger partial charge in [-0.1, -0.05) is 74.0 Å². The molecule has 1 aliphatic rings. The Morgan fingerprint density at radius 3 is 2.22 bits per heavy atom. The van der Waals surface area contributed by atoms with Crippen LogP contribution in [0.15, 0.2) is 24.4 Å². The summed E-state index contributed by atoms with van der Waals surface area (Å²) in [4.78, 5) is 2.47. The molecule has 1 heteroatoms. The van der Waals surface area contributed by atoms with Gasteiger partial charge in [0, 0.05) is 13.6 Å². The molecule has 1 heterocycles. The summed E-state index contributed by atoms with van der Waals surface area (Å²) in [6, 6.07) is 0. The molecular weight excluding hydrogens is 326 g/mol. The van der Waals surface area contributed by atoms with Crippen LogP contribution in [0.4, 0.5) is 0 Å². The summed E-state index contributed by atoms with van der Waals surface area (Å²) in [6.45, 7) is 27.0. The Morgan fingerprint density at radius 1 is 1.15 bits per heavy atom. The molecule has 0 aromatic rings. The highest BCUT2D eigenvalue weighted by atomic mass is 15.1. The van der Waals surface area contributed by atoms with E-state index >= 15 is 0 Å². The molecule has 0 aromatic carbocycles. The van der Waals surface area contributed by atoms with Crippen molar-refractivity contribution in [3.63, 3.8) is 0 Å². The van der Waals surface area contributed by atoms with Crippen molar-refractivity contribution in [2.75, 3.05) is 13.6 Å². The number of hydrogen-bond donors (Lipinski definition) is 0. The maximum atomic E-state index is 3.98. The molecule has 0 amide bonds. The van der Waals surface area contributed by atoms with Crippen LogP contribution >= 0.6 is 0 Å². The van der Waals surface area contributed by atoms with Gasteiger partial charge in [-0.2, -0.15) is 0 Å². The summed E-state index contributed by atoms with van der Waals surface area (Å²) in [6.07, 6.45) is 9.70. The SMILES string of the molecule is C=CC(C)CCC(C(C)C)C(C)(C)CC1=CN(C)CC(C(C)(C)C)CC1C. The number of allylic oxidation sites excluding steroid dienone is 2. The van der Waals surface area contributed by atoms with Crippen molar-refractivity contribution in [3.8, 4) is 0 Å². The van der Waals surface area contributed by atoms with E-state index in [-0.39, 0.29) is 0 Å². The molecule has 0 bridgehead atoms. The van der Waals surface area contributed by atoms with E-state index in [1.807, 2.05) is 0 Å². The lowest BCUT2D eigenvalue weighted by Gasteiger charge is -2.39. The Hall–Kier alpha value is -0.720. The second-order valence-electron chi connectivity index (χ2n) is 11.6. The van der Waals surface area contributed by atoms with Crippen LogP contribution in [0.25, 0.3) is 0 Å². The maximum Gasteiger partial charge on any atom is 0.0202 e. The van der Waals surface area contributed by atoms with Gasteiger partial charge in [0.15, 0.2) is 0 Å². The normalized spacial score (nSPS) is 24.4. The molecule has 4 atom stereocenters. The quantitative estimate of drug-likeness (QED) is 0.391. The molecular formula is C26H49N. The highest BCUT2D eigenvalue weighted by molar-refractivity contribution is 5.11. The fourth-order valence-electron chi connectivity index (χ4n) is 5.15. The van der Waals surface area contributed by atoms with Gasteiger partial charge < -0.3 is 4.90 Å². The zero-order valence-corrected chi connectivity index (χ0v) is 20.2. The Kier molecular flexibility index (Phi) is 8.70. The molecule has 0 N–H and O–H groups in total. The van der Waals surface area contributed by atoms with Gasteiger partial charge in [0.2, 0.25) is 0 Å². The summed E-state index contributed by atoms with van der Waals surface area (Å²) in [7, 11) is 2.27. The summed E-state index contributed by atoms with van der Waals surface area (Å²) < 4.78 is 0. The molecule has 1 nitrogen and oxygen atoms in total. The summed E-state index contributed by atoms with van der Waals surface area (Å²) in [5, 5.41) is 0. The predicted octanol–water partition coefficient (Wildman–Crippen LogP) is 7.80. The molecule has 4 unspecified atom stereocenters.